The van der Waals surface area contributed by atoms with Gasteiger partial charge in [-0.2, -0.15) is 0 Å². The van der Waals surface area contributed by atoms with Crippen LogP contribution in [0.2, 0.25) is 5.02 Å². The van der Waals surface area contributed by atoms with E-state index >= 15 is 0 Å². The van der Waals surface area contributed by atoms with Gasteiger partial charge in [0.1, 0.15) is 0 Å². The Morgan fingerprint density at radius 1 is 1.40 bits per heavy atom. The van der Waals surface area contributed by atoms with Crippen LogP contribution in [0.5, 0.6) is 0 Å². The zero-order chi connectivity index (χ0) is 10.8. The molecule has 0 radical (unpaired) electrons. The fourth-order valence-corrected chi connectivity index (χ4v) is 1.97. The summed E-state index contributed by atoms with van der Waals surface area (Å²) in [5.41, 5.74) is 0.683. The van der Waals surface area contributed by atoms with Crippen LogP contribution < -0.4 is 4.90 Å². The number of piperidine rings is 1. The van der Waals surface area contributed by atoms with Crippen LogP contribution in [-0.4, -0.2) is 23.7 Å². The van der Waals surface area contributed by atoms with Crippen molar-refractivity contribution in [2.75, 3.05) is 11.4 Å². The highest BCUT2D eigenvalue weighted by atomic mass is 35.5. The Morgan fingerprint density at radius 2 is 2.13 bits per heavy atom. The second-order valence-electron chi connectivity index (χ2n) is 3.65. The summed E-state index contributed by atoms with van der Waals surface area (Å²) in [6.45, 7) is 0.336. The lowest BCUT2D eigenvalue weighted by Gasteiger charge is -2.30. The lowest BCUT2D eigenvalue weighted by Crippen LogP contribution is -2.42. The first-order chi connectivity index (χ1) is 7.18. The van der Waals surface area contributed by atoms with Gasteiger partial charge in [-0.3, -0.25) is 4.79 Å². The summed E-state index contributed by atoms with van der Waals surface area (Å²) in [5, 5.41) is 10.1. The predicted octanol–water partition coefficient (Wildman–Crippen LogP) is 1.83. The second-order valence-corrected chi connectivity index (χ2v) is 4.06. The molecule has 4 heteroatoms. The van der Waals surface area contributed by atoms with Crippen LogP contribution in [0.1, 0.15) is 12.8 Å². The van der Waals surface area contributed by atoms with Crippen molar-refractivity contribution in [3.8, 4) is 0 Å². The molecular formula is C11H12ClNO2. The highest BCUT2D eigenvalue weighted by Crippen LogP contribution is 2.28. The second kappa shape index (κ2) is 4.21. The molecule has 0 spiro atoms. The van der Waals surface area contributed by atoms with Gasteiger partial charge in [0.05, 0.1) is 23.4 Å². The number of carbonyl (C=O) groups excluding carboxylic acids is 1. The number of aliphatic hydroxyl groups is 1. The third-order valence-corrected chi connectivity index (χ3v) is 2.85. The molecule has 1 unspecified atom stereocenters. The van der Waals surface area contributed by atoms with E-state index in [0.29, 0.717) is 30.1 Å². The number of carbonyl (C=O) groups is 1. The number of halogens is 1. The number of anilines is 1. The van der Waals surface area contributed by atoms with E-state index in [2.05, 4.69) is 0 Å². The lowest BCUT2D eigenvalue weighted by atomic mass is 10.1. The summed E-state index contributed by atoms with van der Waals surface area (Å²) in [6.07, 6.45) is 0.477. The van der Waals surface area contributed by atoms with Gasteiger partial charge in [-0.25, -0.2) is 0 Å². The van der Waals surface area contributed by atoms with Crippen LogP contribution in [0.4, 0.5) is 5.69 Å². The van der Waals surface area contributed by atoms with E-state index in [-0.39, 0.29) is 5.91 Å². The normalized spacial score (nSPS) is 21.9. The van der Waals surface area contributed by atoms with Crippen LogP contribution >= 0.6 is 11.6 Å². The third kappa shape index (κ3) is 2.13. The molecule has 80 valence electrons. The number of rotatable bonds is 1. The lowest BCUT2D eigenvalue weighted by molar-refractivity contribution is -0.121. The van der Waals surface area contributed by atoms with Gasteiger partial charge in [0.2, 0.25) is 5.91 Å². The summed E-state index contributed by atoms with van der Waals surface area (Å²) in [5.74, 6) is 0.0217. The molecular weight excluding hydrogens is 214 g/mol. The number of hydrogen-bond acceptors (Lipinski definition) is 2. The Hall–Kier alpha value is -1.06. The van der Waals surface area contributed by atoms with Crippen molar-refractivity contribution in [3.63, 3.8) is 0 Å². The smallest absolute Gasteiger partial charge is 0.227 e. The van der Waals surface area contributed by atoms with Crippen LogP contribution in [0.15, 0.2) is 24.3 Å². The van der Waals surface area contributed by atoms with Crippen molar-refractivity contribution >= 4 is 23.2 Å². The summed E-state index contributed by atoms with van der Waals surface area (Å²) in [6, 6.07) is 7.18. The molecule has 1 saturated heterocycles. The van der Waals surface area contributed by atoms with Crippen LogP contribution in [0.3, 0.4) is 0 Å². The van der Waals surface area contributed by atoms with Crippen molar-refractivity contribution in [1.82, 2.24) is 0 Å². The molecule has 2 rings (SSSR count). The molecule has 1 atom stereocenters. The van der Waals surface area contributed by atoms with Gasteiger partial charge in [0, 0.05) is 6.42 Å². The van der Waals surface area contributed by atoms with Crippen LogP contribution in [0, 0.1) is 0 Å². The van der Waals surface area contributed by atoms with E-state index in [1.54, 1.807) is 17.0 Å². The largest absolute Gasteiger partial charge is 0.391 e. The van der Waals surface area contributed by atoms with Gasteiger partial charge in [0.25, 0.3) is 0 Å². The van der Waals surface area contributed by atoms with E-state index in [9.17, 15) is 9.90 Å². The minimum Gasteiger partial charge on any atom is -0.391 e. The van der Waals surface area contributed by atoms with Gasteiger partial charge in [0.15, 0.2) is 0 Å². The number of para-hydroxylation sites is 1. The standard InChI is InChI=1S/C11H12ClNO2/c12-9-3-1-2-4-10(9)13-7-8(14)5-6-11(13)15/h1-4,8,14H,5-7H2. The third-order valence-electron chi connectivity index (χ3n) is 2.53. The average Bonchev–Trinajstić information content (AvgIpc) is 2.23. The molecule has 1 N–H and O–H groups in total. The zero-order valence-corrected chi connectivity index (χ0v) is 8.94. The van der Waals surface area contributed by atoms with E-state index in [0.717, 1.165) is 0 Å². The Bertz CT molecular complexity index is 381. The fourth-order valence-electron chi connectivity index (χ4n) is 1.73. The maximum absolute atomic E-state index is 11.6. The number of aliphatic hydroxyl groups excluding tert-OH is 1. The van der Waals surface area contributed by atoms with Crippen molar-refractivity contribution in [2.45, 2.75) is 18.9 Å². The number of nitrogens with zero attached hydrogens (tertiary/aromatic N) is 1. The molecule has 1 heterocycles. The Balaban J connectivity index is 2.29. The maximum Gasteiger partial charge on any atom is 0.227 e. The SMILES string of the molecule is O=C1CCC(O)CN1c1ccccc1Cl. The van der Waals surface area contributed by atoms with Gasteiger partial charge >= 0.3 is 0 Å². The molecule has 0 saturated carbocycles. The molecule has 1 aliphatic heterocycles. The molecule has 1 aromatic carbocycles. The molecule has 0 aliphatic carbocycles. The van der Waals surface area contributed by atoms with Crippen LogP contribution in [-0.2, 0) is 4.79 Å². The summed E-state index contributed by atoms with van der Waals surface area (Å²) >= 11 is 6.00. The van der Waals surface area contributed by atoms with E-state index in [1.807, 2.05) is 12.1 Å². The molecule has 1 aliphatic rings. The molecule has 1 fully saturated rings. The Kier molecular flexibility index (Phi) is 2.93. The molecule has 1 amide bonds. The topological polar surface area (TPSA) is 40.5 Å². The molecule has 15 heavy (non-hydrogen) atoms. The highest BCUT2D eigenvalue weighted by Gasteiger charge is 2.26. The first-order valence-corrected chi connectivity index (χ1v) is 5.29. The van der Waals surface area contributed by atoms with Crippen molar-refractivity contribution in [3.05, 3.63) is 29.3 Å². The minimum absolute atomic E-state index is 0.0217. The van der Waals surface area contributed by atoms with Gasteiger partial charge in [-0.05, 0) is 18.6 Å². The van der Waals surface area contributed by atoms with Gasteiger partial charge in [-0.1, -0.05) is 23.7 Å². The van der Waals surface area contributed by atoms with Crippen molar-refractivity contribution in [2.24, 2.45) is 0 Å². The highest BCUT2D eigenvalue weighted by molar-refractivity contribution is 6.33. The molecule has 1 aromatic rings. The van der Waals surface area contributed by atoms with E-state index in [4.69, 9.17) is 11.6 Å². The zero-order valence-electron chi connectivity index (χ0n) is 8.19. The molecule has 0 aromatic heterocycles. The average molecular weight is 226 g/mol. The number of hydrogen-bond donors (Lipinski definition) is 1. The van der Waals surface area contributed by atoms with E-state index < -0.39 is 6.10 Å². The Labute approximate surface area is 93.3 Å². The summed E-state index contributed by atoms with van der Waals surface area (Å²) in [4.78, 5) is 13.2. The van der Waals surface area contributed by atoms with Crippen LogP contribution in [0.25, 0.3) is 0 Å². The summed E-state index contributed by atoms with van der Waals surface area (Å²) < 4.78 is 0. The Morgan fingerprint density at radius 3 is 2.87 bits per heavy atom. The van der Waals surface area contributed by atoms with Gasteiger partial charge in [-0.15, -0.1) is 0 Å². The number of β-amino-alcohol motifs (C(OH)–C–C–N with tert-alkyl or cyclic N) is 1. The van der Waals surface area contributed by atoms with Crippen molar-refractivity contribution < 1.29 is 9.90 Å². The quantitative estimate of drug-likeness (QED) is 0.792. The maximum atomic E-state index is 11.6. The van der Waals surface area contributed by atoms with Crippen molar-refractivity contribution in [1.29, 1.82) is 0 Å². The number of amides is 1. The molecule has 3 nitrogen and oxygen atoms in total. The minimum atomic E-state index is -0.445. The molecule has 0 bridgehead atoms. The number of benzene rings is 1. The van der Waals surface area contributed by atoms with E-state index in [1.165, 1.54) is 0 Å². The predicted molar refractivity (Wildman–Crippen MR) is 59.0 cm³/mol. The first-order valence-electron chi connectivity index (χ1n) is 4.91. The monoisotopic (exact) mass is 225 g/mol. The van der Waals surface area contributed by atoms with Gasteiger partial charge < -0.3 is 10.0 Å². The summed E-state index contributed by atoms with van der Waals surface area (Å²) in [7, 11) is 0. The first kappa shape index (κ1) is 10.5. The fraction of sp³-hybridized carbons (Fsp3) is 0.364.